The minimum Gasteiger partial charge on any atom is -0.477 e. The van der Waals surface area contributed by atoms with E-state index in [2.05, 4.69) is 10.7 Å². The fourth-order valence-corrected chi connectivity index (χ4v) is 4.52. The number of carbonyl (C=O) groups is 4. The molecule has 1 fully saturated rings. The molecule has 1 saturated heterocycles. The van der Waals surface area contributed by atoms with Gasteiger partial charge >= 0.3 is 11.9 Å². The van der Waals surface area contributed by atoms with Gasteiger partial charge in [0.05, 0.1) is 0 Å². The molecule has 0 aromatic heterocycles. The van der Waals surface area contributed by atoms with Gasteiger partial charge in [-0.15, -0.1) is 11.8 Å². The van der Waals surface area contributed by atoms with Crippen LogP contribution in [0.3, 0.4) is 0 Å². The normalized spacial score (nSPS) is 21.7. The number of nitrogens with two attached hydrogens (primary N) is 1. The molecular weight excluding hydrogens is 400 g/mol. The van der Waals surface area contributed by atoms with Crippen LogP contribution in [0.5, 0.6) is 0 Å². The van der Waals surface area contributed by atoms with Gasteiger partial charge in [-0.25, -0.2) is 10.2 Å². The predicted octanol–water partition coefficient (Wildman–Crippen LogP) is -0.507. The third-order valence-electron chi connectivity index (χ3n) is 4.56. The van der Waals surface area contributed by atoms with E-state index in [1.54, 1.807) is 30.3 Å². The third-order valence-corrected chi connectivity index (χ3v) is 5.90. The molecule has 1 aromatic rings. The number of aliphatic carboxylic acids is 1. The topological polar surface area (TPSA) is 151 Å². The van der Waals surface area contributed by atoms with Crippen LogP contribution in [0.15, 0.2) is 41.6 Å². The molecule has 0 radical (unpaired) electrons. The monoisotopic (exact) mass is 420 g/mol. The number of thioether (sulfide) groups is 1. The van der Waals surface area contributed by atoms with Crippen molar-refractivity contribution in [2.75, 3.05) is 12.4 Å². The average Bonchev–Trinajstić information content (AvgIpc) is 2.70. The summed E-state index contributed by atoms with van der Waals surface area (Å²) in [5.74, 6) is 2.89. The Morgan fingerprint density at radius 3 is 2.62 bits per heavy atom. The van der Waals surface area contributed by atoms with Crippen LogP contribution < -0.4 is 16.6 Å². The van der Waals surface area contributed by atoms with E-state index in [4.69, 9.17) is 10.6 Å². The summed E-state index contributed by atoms with van der Waals surface area (Å²) in [5.41, 5.74) is 3.18. The number of carbonyl (C=O) groups excluding carboxylic acids is 3. The Hall–Kier alpha value is -2.89. The summed E-state index contributed by atoms with van der Waals surface area (Å²) >= 11 is 1.29. The second kappa shape index (κ2) is 8.64. The van der Waals surface area contributed by atoms with Crippen molar-refractivity contribution in [3.8, 4) is 0 Å². The summed E-state index contributed by atoms with van der Waals surface area (Å²) in [6.07, 6.45) is 0. The Morgan fingerprint density at radius 2 is 2.03 bits per heavy atom. The number of amides is 2. The zero-order chi connectivity index (χ0) is 21.1. The molecule has 2 heterocycles. The van der Waals surface area contributed by atoms with Gasteiger partial charge < -0.3 is 15.2 Å². The molecular formula is C18H20N4O6S. The highest BCUT2D eigenvalue weighted by Gasteiger charge is 2.54. The Kier molecular flexibility index (Phi) is 6.20. The molecule has 1 aromatic carbocycles. The first-order chi connectivity index (χ1) is 13.8. The summed E-state index contributed by atoms with van der Waals surface area (Å²) in [5, 5.41) is 11.6. The van der Waals surface area contributed by atoms with Crippen LogP contribution in [0.2, 0.25) is 0 Å². The Balaban J connectivity index is 1.74. The lowest BCUT2D eigenvalue weighted by Crippen LogP contribution is -2.71. The first-order valence-corrected chi connectivity index (χ1v) is 9.74. The lowest BCUT2D eigenvalue weighted by molar-refractivity contribution is -0.151. The van der Waals surface area contributed by atoms with Crippen molar-refractivity contribution in [1.29, 1.82) is 0 Å². The van der Waals surface area contributed by atoms with Gasteiger partial charge in [-0.3, -0.25) is 25.1 Å². The van der Waals surface area contributed by atoms with Crippen LogP contribution >= 0.6 is 11.8 Å². The lowest BCUT2D eigenvalue weighted by atomic mass is 10.0. The standard InChI is InChI=1S/C18H20N4O6S/c1-9(23)28-7-11-8-29-17-13(16(25)22(17)14(11)18(26)27)20-15(24)12(21-19)10-5-3-2-4-6-10/h2-6,12-13,17,21H,7-8,19H2,1H3,(H,20,24)(H,26,27)/t12-,13+,17+/m0/s1. The fraction of sp³-hybridized carbons (Fsp3) is 0.333. The molecule has 154 valence electrons. The van der Waals surface area contributed by atoms with Crippen LogP contribution in [0, 0.1) is 0 Å². The van der Waals surface area contributed by atoms with Crippen LogP contribution in [-0.4, -0.2) is 57.5 Å². The summed E-state index contributed by atoms with van der Waals surface area (Å²) < 4.78 is 4.89. The highest BCUT2D eigenvalue weighted by molar-refractivity contribution is 8.00. The number of nitrogens with zero attached hydrogens (tertiary/aromatic N) is 1. The lowest BCUT2D eigenvalue weighted by Gasteiger charge is -2.49. The third kappa shape index (κ3) is 4.11. The SMILES string of the molecule is CC(=O)OCC1=C(C(=O)O)N2C(=O)[C@@H](NC(=O)[C@@H](NN)c3ccccc3)[C@H]2SC1. The van der Waals surface area contributed by atoms with E-state index in [0.29, 0.717) is 11.1 Å². The number of nitrogens with one attached hydrogen (secondary N) is 2. The van der Waals surface area contributed by atoms with Gasteiger partial charge in [0.15, 0.2) is 0 Å². The van der Waals surface area contributed by atoms with E-state index in [9.17, 15) is 24.3 Å². The molecule has 0 spiro atoms. The largest absolute Gasteiger partial charge is 0.477 e. The van der Waals surface area contributed by atoms with Gasteiger partial charge in [0.25, 0.3) is 5.91 Å². The number of rotatable bonds is 7. The molecule has 2 aliphatic heterocycles. The number of β-lactam (4-membered cyclic amide) rings is 1. The highest BCUT2D eigenvalue weighted by atomic mass is 32.2. The van der Waals surface area contributed by atoms with E-state index in [0.717, 1.165) is 4.90 Å². The van der Waals surface area contributed by atoms with E-state index in [1.165, 1.54) is 18.7 Å². The van der Waals surface area contributed by atoms with Crippen LogP contribution in [-0.2, 0) is 23.9 Å². The van der Waals surface area contributed by atoms with E-state index >= 15 is 0 Å². The Labute approximate surface area is 170 Å². The summed E-state index contributed by atoms with van der Waals surface area (Å²) in [7, 11) is 0. The van der Waals surface area contributed by atoms with Crippen molar-refractivity contribution in [2.24, 2.45) is 5.84 Å². The number of hydrogen-bond acceptors (Lipinski definition) is 8. The maximum atomic E-state index is 12.6. The second-order valence-corrected chi connectivity index (χ2v) is 7.55. The van der Waals surface area contributed by atoms with E-state index < -0.39 is 41.2 Å². The number of carboxylic acid groups (broad SMARTS) is 1. The fourth-order valence-electron chi connectivity index (χ4n) is 3.19. The molecule has 2 amide bonds. The molecule has 10 nitrogen and oxygen atoms in total. The molecule has 3 atom stereocenters. The van der Waals surface area contributed by atoms with Crippen molar-refractivity contribution in [2.45, 2.75) is 24.4 Å². The zero-order valence-electron chi connectivity index (χ0n) is 15.5. The predicted molar refractivity (Wildman–Crippen MR) is 103 cm³/mol. The molecule has 0 unspecified atom stereocenters. The highest BCUT2D eigenvalue weighted by Crippen LogP contribution is 2.40. The molecule has 5 N–H and O–H groups in total. The summed E-state index contributed by atoms with van der Waals surface area (Å²) in [4.78, 5) is 49.1. The van der Waals surface area contributed by atoms with Crippen molar-refractivity contribution >= 4 is 35.5 Å². The zero-order valence-corrected chi connectivity index (χ0v) is 16.3. The van der Waals surface area contributed by atoms with Crippen molar-refractivity contribution in [1.82, 2.24) is 15.6 Å². The van der Waals surface area contributed by atoms with E-state index in [1.807, 2.05) is 0 Å². The number of fused-ring (bicyclic) bond motifs is 1. The minimum absolute atomic E-state index is 0.204. The van der Waals surface area contributed by atoms with Crippen LogP contribution in [0.4, 0.5) is 0 Å². The minimum atomic E-state index is -1.29. The Morgan fingerprint density at radius 1 is 1.34 bits per heavy atom. The van der Waals surface area contributed by atoms with Crippen molar-refractivity contribution in [3.05, 3.63) is 47.2 Å². The number of hydrazine groups is 1. The molecule has 11 heteroatoms. The maximum absolute atomic E-state index is 12.6. The van der Waals surface area contributed by atoms with Crippen LogP contribution in [0.1, 0.15) is 18.5 Å². The average molecular weight is 420 g/mol. The Bertz CT molecular complexity index is 874. The molecule has 0 saturated carbocycles. The van der Waals surface area contributed by atoms with Gasteiger partial charge in [-0.2, -0.15) is 0 Å². The van der Waals surface area contributed by atoms with E-state index in [-0.39, 0.29) is 18.1 Å². The van der Waals surface area contributed by atoms with Gasteiger partial charge in [0, 0.05) is 18.2 Å². The molecule has 0 bridgehead atoms. The number of hydrogen-bond donors (Lipinski definition) is 4. The number of esters is 1. The summed E-state index contributed by atoms with van der Waals surface area (Å²) in [6, 6.07) is 7.02. The number of benzene rings is 1. The van der Waals surface area contributed by atoms with Gasteiger partial charge in [-0.05, 0) is 5.56 Å². The first kappa shape index (κ1) is 20.8. The maximum Gasteiger partial charge on any atom is 0.352 e. The molecule has 2 aliphatic rings. The number of carboxylic acids is 1. The van der Waals surface area contributed by atoms with Gasteiger partial charge in [-0.1, -0.05) is 30.3 Å². The quantitative estimate of drug-likeness (QED) is 0.198. The van der Waals surface area contributed by atoms with Gasteiger partial charge in [0.2, 0.25) is 5.91 Å². The summed E-state index contributed by atoms with van der Waals surface area (Å²) in [6.45, 7) is 1.01. The molecule has 29 heavy (non-hydrogen) atoms. The van der Waals surface area contributed by atoms with Gasteiger partial charge in [0.1, 0.15) is 29.8 Å². The number of ether oxygens (including phenoxy) is 1. The molecule has 3 rings (SSSR count). The molecule has 0 aliphatic carbocycles. The van der Waals surface area contributed by atoms with Crippen molar-refractivity contribution < 1.29 is 29.0 Å². The van der Waals surface area contributed by atoms with Crippen molar-refractivity contribution in [3.63, 3.8) is 0 Å². The second-order valence-electron chi connectivity index (χ2n) is 6.44. The first-order valence-electron chi connectivity index (χ1n) is 8.70. The van der Waals surface area contributed by atoms with Crippen LogP contribution in [0.25, 0.3) is 0 Å². The smallest absolute Gasteiger partial charge is 0.352 e.